The lowest BCUT2D eigenvalue weighted by molar-refractivity contribution is -0.120. The molecule has 1 spiro atoms. The van der Waals surface area contributed by atoms with E-state index in [0.717, 1.165) is 25.9 Å². The molecule has 118 valence electrons. The summed E-state index contributed by atoms with van der Waals surface area (Å²) in [6.45, 7) is 1.59. The fraction of sp³-hybridized carbons (Fsp3) is 0.538. The van der Waals surface area contributed by atoms with Gasteiger partial charge in [-0.25, -0.2) is 9.98 Å². The third kappa shape index (κ3) is 2.67. The van der Waals surface area contributed by atoms with Crippen molar-refractivity contribution in [1.29, 1.82) is 0 Å². The van der Waals surface area contributed by atoms with Gasteiger partial charge in [-0.05, 0) is 19.9 Å². The molecule has 1 fully saturated rings. The number of carbonyl (C=O) groups excluding carboxylic acids is 1. The van der Waals surface area contributed by atoms with E-state index in [4.69, 9.17) is 16.2 Å². The first-order valence-electron chi connectivity index (χ1n) is 7.08. The average Bonchev–Trinajstić information content (AvgIpc) is 2.49. The van der Waals surface area contributed by atoms with Gasteiger partial charge in [-0.2, -0.15) is 4.98 Å². The Morgan fingerprint density at radius 3 is 2.91 bits per heavy atom. The van der Waals surface area contributed by atoms with Crippen molar-refractivity contribution in [3.8, 4) is 6.01 Å². The second-order valence-electron chi connectivity index (χ2n) is 5.65. The molecule has 3 heterocycles. The van der Waals surface area contributed by atoms with E-state index in [2.05, 4.69) is 32.2 Å². The van der Waals surface area contributed by atoms with Crippen molar-refractivity contribution in [3.63, 3.8) is 0 Å². The first-order valence-corrected chi connectivity index (χ1v) is 7.08. The van der Waals surface area contributed by atoms with Gasteiger partial charge in [0.15, 0.2) is 12.4 Å². The van der Waals surface area contributed by atoms with Crippen molar-refractivity contribution in [3.05, 3.63) is 6.20 Å². The Labute approximate surface area is 127 Å². The third-order valence-electron chi connectivity index (χ3n) is 4.02. The normalized spacial score (nSPS) is 20.0. The van der Waals surface area contributed by atoms with Gasteiger partial charge in [0.05, 0.1) is 11.7 Å². The van der Waals surface area contributed by atoms with Crippen LogP contribution < -0.4 is 21.5 Å². The Kier molecular flexibility index (Phi) is 3.57. The lowest BCUT2D eigenvalue weighted by Gasteiger charge is -2.42. The molecule has 3 rings (SSSR count). The van der Waals surface area contributed by atoms with Crippen LogP contribution in [-0.4, -0.2) is 58.9 Å². The van der Waals surface area contributed by atoms with Gasteiger partial charge >= 0.3 is 6.01 Å². The van der Waals surface area contributed by atoms with Crippen LogP contribution in [-0.2, 0) is 4.79 Å². The van der Waals surface area contributed by atoms with Crippen LogP contribution in [0.3, 0.4) is 0 Å². The number of amidine groups is 1. The molecule has 0 unspecified atom stereocenters. The maximum Gasteiger partial charge on any atom is 0.318 e. The van der Waals surface area contributed by atoms with Crippen molar-refractivity contribution >= 4 is 23.2 Å². The van der Waals surface area contributed by atoms with Gasteiger partial charge in [0.1, 0.15) is 11.5 Å². The minimum atomic E-state index is -0.580. The Morgan fingerprint density at radius 2 is 2.23 bits per heavy atom. The van der Waals surface area contributed by atoms with E-state index >= 15 is 0 Å². The second kappa shape index (κ2) is 5.41. The highest BCUT2D eigenvalue weighted by atomic mass is 16.5. The Morgan fingerprint density at radius 1 is 1.50 bits per heavy atom. The fourth-order valence-electron chi connectivity index (χ4n) is 2.65. The number of aromatic nitrogens is 2. The van der Waals surface area contributed by atoms with Gasteiger partial charge in [-0.1, -0.05) is 0 Å². The quantitative estimate of drug-likeness (QED) is 0.667. The summed E-state index contributed by atoms with van der Waals surface area (Å²) >= 11 is 0. The van der Waals surface area contributed by atoms with E-state index in [1.807, 2.05) is 0 Å². The number of likely N-dealkylation sites (tertiary alicyclic amines) is 1. The number of piperidine rings is 1. The predicted molar refractivity (Wildman–Crippen MR) is 81.1 cm³/mol. The van der Waals surface area contributed by atoms with E-state index in [-0.39, 0.29) is 18.2 Å². The number of primary amides is 1. The van der Waals surface area contributed by atoms with Crippen LogP contribution in [0.1, 0.15) is 12.8 Å². The summed E-state index contributed by atoms with van der Waals surface area (Å²) in [5, 5.41) is 3.38. The van der Waals surface area contributed by atoms with E-state index < -0.39 is 5.91 Å². The Balaban J connectivity index is 1.84. The smallest absolute Gasteiger partial charge is 0.318 e. The number of fused-ring (bicyclic) bond motifs is 1. The van der Waals surface area contributed by atoms with Gasteiger partial charge < -0.3 is 26.4 Å². The first kappa shape index (κ1) is 14.5. The number of rotatable bonds is 3. The molecule has 5 N–H and O–H groups in total. The van der Waals surface area contributed by atoms with Crippen molar-refractivity contribution in [2.75, 3.05) is 32.1 Å². The highest BCUT2D eigenvalue weighted by Gasteiger charge is 2.40. The van der Waals surface area contributed by atoms with Crippen LogP contribution >= 0.6 is 0 Å². The SMILES string of the molecule is CN1CCC2(CC1)Nc1nc(OCC(N)=O)ncc1N=C2N. The van der Waals surface area contributed by atoms with Crippen molar-refractivity contribution < 1.29 is 9.53 Å². The largest absolute Gasteiger partial charge is 0.453 e. The number of carbonyl (C=O) groups is 1. The van der Waals surface area contributed by atoms with Crippen LogP contribution in [0.2, 0.25) is 0 Å². The van der Waals surface area contributed by atoms with Crippen LogP contribution in [0.4, 0.5) is 11.5 Å². The number of nitrogens with zero attached hydrogens (tertiary/aromatic N) is 4. The van der Waals surface area contributed by atoms with Crippen LogP contribution in [0.5, 0.6) is 6.01 Å². The second-order valence-corrected chi connectivity index (χ2v) is 5.65. The molecule has 2 aliphatic rings. The van der Waals surface area contributed by atoms with E-state index in [0.29, 0.717) is 17.3 Å². The molecular formula is C13H19N7O2. The summed E-state index contributed by atoms with van der Waals surface area (Å²) in [4.78, 5) is 25.7. The van der Waals surface area contributed by atoms with Gasteiger partial charge in [0.25, 0.3) is 5.91 Å². The number of ether oxygens (including phenoxy) is 1. The predicted octanol–water partition coefficient (Wildman–Crippen LogP) is -0.781. The number of aliphatic imine (C=N–C) groups is 1. The molecule has 1 saturated heterocycles. The average molecular weight is 305 g/mol. The molecule has 0 bridgehead atoms. The van der Waals surface area contributed by atoms with Crippen LogP contribution in [0, 0.1) is 0 Å². The van der Waals surface area contributed by atoms with E-state index in [1.54, 1.807) is 0 Å². The van der Waals surface area contributed by atoms with E-state index in [1.165, 1.54) is 6.20 Å². The molecule has 22 heavy (non-hydrogen) atoms. The lowest BCUT2D eigenvalue weighted by Crippen LogP contribution is -2.57. The zero-order chi connectivity index (χ0) is 15.7. The molecule has 0 radical (unpaired) electrons. The van der Waals surface area contributed by atoms with Gasteiger partial charge in [0.2, 0.25) is 0 Å². The molecule has 1 aromatic heterocycles. The minimum absolute atomic E-state index is 0.0869. The standard InChI is InChI=1S/C13H19N7O2/c1-20-4-2-13(3-5-20)11(15)17-8-6-16-12(18-10(8)19-13)22-7-9(14)21/h6H,2-5,7H2,1H3,(H2,14,21)(H2,15,17)(H,16,18,19). The zero-order valence-corrected chi connectivity index (χ0v) is 12.4. The third-order valence-corrected chi connectivity index (χ3v) is 4.02. The topological polar surface area (TPSA) is 132 Å². The summed E-state index contributed by atoms with van der Waals surface area (Å²) in [5.74, 6) is 0.541. The molecule has 1 amide bonds. The Hall–Kier alpha value is -2.42. The molecule has 9 nitrogen and oxygen atoms in total. The van der Waals surface area contributed by atoms with Gasteiger partial charge in [-0.15, -0.1) is 0 Å². The van der Waals surface area contributed by atoms with Crippen LogP contribution in [0.25, 0.3) is 0 Å². The Bertz CT molecular complexity index is 623. The molecule has 0 atom stereocenters. The maximum absolute atomic E-state index is 10.8. The molecular weight excluding hydrogens is 286 g/mol. The zero-order valence-electron chi connectivity index (χ0n) is 12.4. The number of nitrogens with one attached hydrogen (secondary N) is 1. The van der Waals surface area contributed by atoms with Crippen LogP contribution in [0.15, 0.2) is 11.2 Å². The number of nitrogens with two attached hydrogens (primary N) is 2. The number of hydrogen-bond donors (Lipinski definition) is 3. The van der Waals surface area contributed by atoms with Gasteiger partial charge in [0, 0.05) is 13.1 Å². The molecule has 0 saturated carbocycles. The molecule has 2 aliphatic heterocycles. The monoisotopic (exact) mass is 305 g/mol. The number of hydrogen-bond acceptors (Lipinski definition) is 8. The molecule has 0 aliphatic carbocycles. The van der Waals surface area contributed by atoms with Crippen molar-refractivity contribution in [2.24, 2.45) is 16.5 Å². The fourth-order valence-corrected chi connectivity index (χ4v) is 2.65. The maximum atomic E-state index is 10.8. The summed E-state index contributed by atoms with van der Waals surface area (Å²) in [5.41, 5.74) is 11.4. The highest BCUT2D eigenvalue weighted by molar-refractivity contribution is 5.98. The molecule has 0 aromatic carbocycles. The highest BCUT2D eigenvalue weighted by Crippen LogP contribution is 2.36. The number of anilines is 1. The minimum Gasteiger partial charge on any atom is -0.453 e. The summed E-state index contributed by atoms with van der Waals surface area (Å²) in [6.07, 6.45) is 3.21. The summed E-state index contributed by atoms with van der Waals surface area (Å²) < 4.78 is 5.13. The van der Waals surface area contributed by atoms with Gasteiger partial charge in [-0.3, -0.25) is 4.79 Å². The first-order chi connectivity index (χ1) is 10.5. The summed E-state index contributed by atoms with van der Waals surface area (Å²) in [7, 11) is 2.08. The van der Waals surface area contributed by atoms with E-state index in [9.17, 15) is 4.79 Å². The van der Waals surface area contributed by atoms with Crippen molar-refractivity contribution in [1.82, 2.24) is 14.9 Å². The van der Waals surface area contributed by atoms with Crippen molar-refractivity contribution in [2.45, 2.75) is 18.4 Å². The molecule has 1 aromatic rings. The molecule has 9 heteroatoms. The lowest BCUT2D eigenvalue weighted by atomic mass is 9.85. The number of amides is 1. The summed E-state index contributed by atoms with van der Waals surface area (Å²) in [6, 6.07) is 0.0869.